The van der Waals surface area contributed by atoms with Gasteiger partial charge in [-0.15, -0.1) is 0 Å². The van der Waals surface area contributed by atoms with E-state index in [1.165, 1.54) is 6.92 Å². The molecule has 0 unspecified atom stereocenters. The molecular weight excluding hydrogens is 1180 g/mol. The second-order valence-electron chi connectivity index (χ2n) is 21.8. The molecule has 0 bridgehead atoms. The lowest BCUT2D eigenvalue weighted by Gasteiger charge is -2.52. The van der Waals surface area contributed by atoms with Crippen LogP contribution in [0, 0.1) is 0 Å². The van der Waals surface area contributed by atoms with Gasteiger partial charge in [-0.1, -0.05) is 0 Å². The average Bonchev–Trinajstić information content (AvgIpc) is 1.23. The maximum Gasteiger partial charge on any atom is 0.217 e. The van der Waals surface area contributed by atoms with E-state index in [4.69, 9.17) is 61.6 Å². The van der Waals surface area contributed by atoms with E-state index in [0.717, 1.165) is 20.8 Å². The molecule has 0 aromatic heterocycles. The van der Waals surface area contributed by atoms with Crippen molar-refractivity contribution >= 4 is 17.7 Å². The van der Waals surface area contributed by atoms with Gasteiger partial charge in [0, 0.05) is 20.8 Å². The van der Waals surface area contributed by atoms with Gasteiger partial charge in [-0.3, -0.25) is 14.4 Å². The summed E-state index contributed by atoms with van der Waals surface area (Å²) in [5.74, 6) is -2.59. The van der Waals surface area contributed by atoms with E-state index in [0.29, 0.717) is 0 Å². The third kappa shape index (κ3) is 15.2. The number of hydrogen-bond acceptors (Lipinski definition) is 35. The van der Waals surface area contributed by atoms with Crippen LogP contribution in [-0.2, 0) is 76.0 Å². The van der Waals surface area contributed by atoms with Gasteiger partial charge in [0.15, 0.2) is 44.0 Å². The number of nitrogens with one attached hydrogen (secondary N) is 3. The van der Waals surface area contributed by atoms with E-state index in [9.17, 15) is 111 Å². The molecule has 0 spiro atoms. The maximum absolute atomic E-state index is 13.2. The van der Waals surface area contributed by atoms with Gasteiger partial charge >= 0.3 is 0 Å². The van der Waals surface area contributed by atoms with Crippen molar-refractivity contribution in [3.63, 3.8) is 0 Å². The van der Waals surface area contributed by atoms with Crippen molar-refractivity contribution in [2.45, 2.75) is 242 Å². The molecule has 86 heavy (non-hydrogen) atoms. The van der Waals surface area contributed by atoms with E-state index in [1.54, 1.807) is 0 Å². The van der Waals surface area contributed by atoms with Crippen LogP contribution in [0.2, 0.25) is 0 Å². The zero-order valence-corrected chi connectivity index (χ0v) is 46.5. The second-order valence-corrected chi connectivity index (χ2v) is 21.8. The zero-order chi connectivity index (χ0) is 63.5. The van der Waals surface area contributed by atoms with Crippen molar-refractivity contribution in [3.05, 3.63) is 0 Å². The molecule has 0 aliphatic carbocycles. The SMILES string of the molecule is CC(=O)N[C@@H]1[C@@H](O[C@@H]2O[C@H](CO)[C@@H](O)[C@H](O[C@@H]3O[C@H](CO)[C@H](O)[C@H](O[C@@H]4O[C@H](CO)[C@@H](O)[C@H](O[C@@H]5O[C@H](CO)[C@H](O)[C@H](O[C@H]6O[C@H](CO)[C@H](O)[C@H](O)[C@H]6O)[C@H]5O[C@@H]5O[C@@H](C)[C@@H](O)[C@@H](O)[C@@H]5O)[C@H]4NC(C)=O)[C@H]3O)[C@H]2NC(C)=O)[C@@H](O)[C@@H](CO)O[C@@H]1O. The Morgan fingerprint density at radius 3 is 1.05 bits per heavy atom. The highest BCUT2D eigenvalue weighted by Gasteiger charge is 2.60. The number of aliphatic hydroxyl groups excluding tert-OH is 19. The number of amides is 3. The maximum atomic E-state index is 13.2. The Balaban J connectivity index is 1.22. The summed E-state index contributed by atoms with van der Waals surface area (Å²) in [7, 11) is 0. The summed E-state index contributed by atoms with van der Waals surface area (Å²) < 4.78 is 76.5. The van der Waals surface area contributed by atoms with Crippen molar-refractivity contribution in [1.82, 2.24) is 16.0 Å². The van der Waals surface area contributed by atoms with Crippen molar-refractivity contribution in [2.24, 2.45) is 0 Å². The van der Waals surface area contributed by atoms with E-state index in [2.05, 4.69) is 16.0 Å². The summed E-state index contributed by atoms with van der Waals surface area (Å²) in [6, 6.07) is -5.34. The summed E-state index contributed by atoms with van der Waals surface area (Å²) in [4.78, 5) is 38.2. The minimum absolute atomic E-state index is 0.765. The zero-order valence-electron chi connectivity index (χ0n) is 46.5. The first-order valence-electron chi connectivity index (χ1n) is 27.5. The monoisotopic (exact) mass is 1260 g/mol. The lowest BCUT2D eigenvalue weighted by molar-refractivity contribution is -0.404. The van der Waals surface area contributed by atoms with Crippen molar-refractivity contribution in [1.29, 1.82) is 0 Å². The van der Waals surface area contributed by atoms with Crippen molar-refractivity contribution in [2.75, 3.05) is 39.6 Å². The molecule has 0 saturated carbocycles. The second kappa shape index (κ2) is 30.5. The highest BCUT2D eigenvalue weighted by Crippen LogP contribution is 2.39. The molecule has 22 N–H and O–H groups in total. The number of carbonyl (C=O) groups excluding carboxylic acids is 3. The fraction of sp³-hybridized carbons (Fsp3) is 0.938. The molecule has 498 valence electrons. The molecule has 3 amide bonds. The standard InChI is InChI=1S/C48H81N3O35/c1-11-24(61)31(68)33(70)45(74-11)86-41-40(85-46-34(71)32(69)25(62)15(5-52)78-46)30(67)20(10-57)80-48(41)83-38-23(51-14(4)60)44(77-18(8-55)28(38)65)84-39-29(66)19(9-56)79-47(35(39)72)82-37-22(50-13(3)59)43(76-17(7-54)27(37)64)81-36-21(49-12(2)58)42(73)75-16(6-53)26(36)63/h11,15-48,52-57,61-73H,5-10H2,1-4H3,(H,49,58)(H,50,59)(H,51,60)/t11-,15+,16+,17+,18+,19+,20+,21+,22+,23+,24+,25-,26-,27+,28+,29-,30-,31+,32-,33-,34+,35+,36+,37+,38+,39-,40-,41+,42-,43-,44-,45-,46+,47-,48-/m0/s1. The average molecular weight is 1260 g/mol. The molecule has 38 nitrogen and oxygen atoms in total. The van der Waals surface area contributed by atoms with Crippen LogP contribution in [0.4, 0.5) is 0 Å². The summed E-state index contributed by atoms with van der Waals surface area (Å²) >= 11 is 0. The lowest BCUT2D eigenvalue weighted by Crippen LogP contribution is -2.71. The van der Waals surface area contributed by atoms with E-state index in [-0.39, 0.29) is 0 Å². The summed E-state index contributed by atoms with van der Waals surface area (Å²) in [5.41, 5.74) is 0. The Hall–Kier alpha value is -2.87. The van der Waals surface area contributed by atoms with Gasteiger partial charge in [-0.05, 0) is 6.92 Å². The minimum atomic E-state index is -2.35. The van der Waals surface area contributed by atoms with Gasteiger partial charge in [0.25, 0.3) is 0 Å². The fourth-order valence-electron chi connectivity index (χ4n) is 11.1. The molecule has 7 fully saturated rings. The summed E-state index contributed by atoms with van der Waals surface area (Å²) in [5, 5.41) is 215. The van der Waals surface area contributed by atoms with Gasteiger partial charge in [0.05, 0.1) is 45.7 Å². The molecule has 7 aliphatic rings. The summed E-state index contributed by atoms with van der Waals surface area (Å²) in [6.07, 6.45) is -63.1. The van der Waals surface area contributed by atoms with Gasteiger partial charge < -0.3 is 175 Å². The minimum Gasteiger partial charge on any atom is -0.394 e. The van der Waals surface area contributed by atoms with E-state index < -0.39 is 272 Å². The van der Waals surface area contributed by atoms with Gasteiger partial charge in [0.2, 0.25) is 17.7 Å². The van der Waals surface area contributed by atoms with Crippen molar-refractivity contribution < 1.29 is 173 Å². The predicted molar refractivity (Wildman–Crippen MR) is 265 cm³/mol. The third-order valence-corrected chi connectivity index (χ3v) is 15.7. The third-order valence-electron chi connectivity index (χ3n) is 15.7. The first kappa shape index (κ1) is 70.6. The van der Waals surface area contributed by atoms with Gasteiger partial charge in [-0.2, -0.15) is 0 Å². The number of rotatable bonds is 21. The Kier molecular flexibility index (Phi) is 25.0. The van der Waals surface area contributed by atoms with E-state index in [1.807, 2.05) is 0 Å². The lowest BCUT2D eigenvalue weighted by atomic mass is 9.93. The first-order valence-corrected chi connectivity index (χ1v) is 27.5. The van der Waals surface area contributed by atoms with Gasteiger partial charge in [-0.25, -0.2) is 0 Å². The molecule has 0 aromatic rings. The normalized spacial score (nSPS) is 49.4. The highest BCUT2D eigenvalue weighted by molar-refractivity contribution is 5.74. The molecule has 38 heteroatoms. The quantitative estimate of drug-likeness (QED) is 0.0507. The Labute approximate surface area is 488 Å². The van der Waals surface area contributed by atoms with Gasteiger partial charge in [0.1, 0.15) is 165 Å². The topological polar surface area (TPSA) is 592 Å². The van der Waals surface area contributed by atoms with Crippen LogP contribution in [0.25, 0.3) is 0 Å². The molecule has 7 saturated heterocycles. The molecule has 0 aromatic carbocycles. The number of hydrogen-bond donors (Lipinski definition) is 22. The number of ether oxygens (including phenoxy) is 13. The Morgan fingerprint density at radius 1 is 0.302 bits per heavy atom. The fourth-order valence-corrected chi connectivity index (χ4v) is 11.1. The van der Waals surface area contributed by atoms with E-state index >= 15 is 0 Å². The summed E-state index contributed by atoms with van der Waals surface area (Å²) in [6.45, 7) is -1.96. The molecule has 7 heterocycles. The molecular formula is C48H81N3O35. The molecule has 35 atom stereocenters. The van der Waals surface area contributed by atoms with Crippen LogP contribution in [0.5, 0.6) is 0 Å². The van der Waals surface area contributed by atoms with Crippen LogP contribution in [0.1, 0.15) is 27.7 Å². The van der Waals surface area contributed by atoms with Crippen LogP contribution in [0.3, 0.4) is 0 Å². The van der Waals surface area contributed by atoms with Crippen molar-refractivity contribution in [3.8, 4) is 0 Å². The predicted octanol–water partition coefficient (Wildman–Crippen LogP) is -14.8. The first-order chi connectivity index (χ1) is 40.6. The largest absolute Gasteiger partial charge is 0.394 e. The number of carbonyl (C=O) groups is 3. The highest BCUT2D eigenvalue weighted by atomic mass is 16.8. The van der Waals surface area contributed by atoms with Crippen LogP contribution >= 0.6 is 0 Å². The van der Waals surface area contributed by atoms with Crippen LogP contribution in [-0.4, -0.2) is 369 Å². The molecule has 7 aliphatic heterocycles. The van der Waals surface area contributed by atoms with Crippen LogP contribution < -0.4 is 16.0 Å². The Bertz CT molecular complexity index is 2170. The van der Waals surface area contributed by atoms with Crippen LogP contribution in [0.15, 0.2) is 0 Å². The smallest absolute Gasteiger partial charge is 0.217 e. The molecule has 0 radical (unpaired) electrons. The Morgan fingerprint density at radius 2 is 0.593 bits per heavy atom. The number of aliphatic hydroxyl groups is 19. The molecule has 7 rings (SSSR count).